The minimum absolute atomic E-state index is 0.00410. The van der Waals surface area contributed by atoms with Gasteiger partial charge in [-0.05, 0) is 35.4 Å². The van der Waals surface area contributed by atoms with Gasteiger partial charge in [0.2, 0.25) is 12.7 Å². The number of hydrogen-bond acceptors (Lipinski definition) is 3. The molecule has 1 amide bonds. The first-order valence-electron chi connectivity index (χ1n) is 10.8. The quantitative estimate of drug-likeness (QED) is 0.380. The summed E-state index contributed by atoms with van der Waals surface area (Å²) < 4.78 is 50.3. The van der Waals surface area contributed by atoms with Crippen LogP contribution in [0.15, 0.2) is 72.9 Å². The minimum atomic E-state index is -4.43. The highest BCUT2D eigenvalue weighted by Gasteiger charge is 2.31. The summed E-state index contributed by atoms with van der Waals surface area (Å²) in [6, 6.07) is 18.3. The Morgan fingerprint density at radius 1 is 1.00 bits per heavy atom. The molecule has 0 radical (unpaired) electrons. The first-order chi connectivity index (χ1) is 16.4. The summed E-state index contributed by atoms with van der Waals surface area (Å²) in [6.45, 7) is 0.102. The third-order valence-electron chi connectivity index (χ3n) is 5.93. The molecule has 1 aliphatic rings. The number of alkyl halides is 3. The summed E-state index contributed by atoms with van der Waals surface area (Å²) in [7, 11) is 0. The fourth-order valence-corrected chi connectivity index (χ4v) is 4.31. The molecule has 2 heterocycles. The monoisotopic (exact) mass is 466 g/mol. The van der Waals surface area contributed by atoms with E-state index in [0.29, 0.717) is 17.1 Å². The van der Waals surface area contributed by atoms with Crippen molar-refractivity contribution in [3.63, 3.8) is 0 Å². The largest absolute Gasteiger partial charge is 0.454 e. The van der Waals surface area contributed by atoms with Crippen molar-refractivity contribution in [2.24, 2.45) is 0 Å². The van der Waals surface area contributed by atoms with Crippen LogP contribution in [-0.4, -0.2) is 17.7 Å². The van der Waals surface area contributed by atoms with Crippen LogP contribution in [0.3, 0.4) is 0 Å². The highest BCUT2D eigenvalue weighted by Crippen LogP contribution is 2.44. The number of aromatic nitrogens is 1. The maximum Gasteiger partial charge on any atom is 0.416 e. The summed E-state index contributed by atoms with van der Waals surface area (Å²) in [5.74, 6) is 0.577. The molecule has 1 aliphatic heterocycles. The van der Waals surface area contributed by atoms with Gasteiger partial charge in [-0.15, -0.1) is 0 Å². The molecule has 1 atom stereocenters. The van der Waals surface area contributed by atoms with Crippen LogP contribution >= 0.6 is 0 Å². The minimum Gasteiger partial charge on any atom is -0.454 e. The molecule has 5 rings (SSSR count). The lowest BCUT2D eigenvalue weighted by Gasteiger charge is -2.19. The van der Waals surface area contributed by atoms with Gasteiger partial charge < -0.3 is 19.8 Å². The highest BCUT2D eigenvalue weighted by atomic mass is 19.4. The number of carbonyl (C=O) groups is 1. The van der Waals surface area contributed by atoms with Crippen LogP contribution in [0.25, 0.3) is 10.9 Å². The molecule has 5 nitrogen and oxygen atoms in total. The second-order valence-corrected chi connectivity index (χ2v) is 8.10. The summed E-state index contributed by atoms with van der Waals surface area (Å²) in [5.41, 5.74) is 2.32. The average molecular weight is 466 g/mol. The van der Waals surface area contributed by atoms with Gasteiger partial charge in [0.05, 0.1) is 5.56 Å². The van der Waals surface area contributed by atoms with Crippen molar-refractivity contribution in [3.05, 3.63) is 95.2 Å². The fourth-order valence-electron chi connectivity index (χ4n) is 4.31. The third kappa shape index (κ3) is 4.31. The maximum absolute atomic E-state index is 13.0. The number of rotatable bonds is 6. The Bertz CT molecular complexity index is 1350. The number of ether oxygens (including phenoxy) is 2. The molecule has 3 aromatic carbocycles. The van der Waals surface area contributed by atoms with Crippen LogP contribution in [0, 0.1) is 0 Å². The number of para-hydroxylation sites is 2. The molecule has 34 heavy (non-hydrogen) atoms. The number of fused-ring (bicyclic) bond motifs is 2. The zero-order valence-corrected chi connectivity index (χ0v) is 18.0. The van der Waals surface area contributed by atoms with Gasteiger partial charge >= 0.3 is 6.18 Å². The average Bonchev–Trinajstić information content (AvgIpc) is 3.48. The van der Waals surface area contributed by atoms with E-state index in [-0.39, 0.29) is 31.6 Å². The molecule has 174 valence electrons. The van der Waals surface area contributed by atoms with Crippen molar-refractivity contribution in [1.29, 1.82) is 0 Å². The second kappa shape index (κ2) is 8.78. The van der Waals surface area contributed by atoms with E-state index >= 15 is 0 Å². The van der Waals surface area contributed by atoms with Crippen molar-refractivity contribution in [2.45, 2.75) is 25.1 Å². The van der Waals surface area contributed by atoms with E-state index in [4.69, 9.17) is 9.47 Å². The standard InChI is InChI=1S/C26H21F3N2O3/c27-26(28,29)17-6-3-5-16(11-17)13-31-24(32)12-20(19-8-4-10-23-25(19)34-15-33-23)21-14-30-22-9-2-1-7-18(21)22/h1-11,14,20,30H,12-13,15H2,(H,31,32). The number of nitrogens with one attached hydrogen (secondary N) is 2. The predicted molar refractivity (Wildman–Crippen MR) is 121 cm³/mol. The molecule has 4 aromatic rings. The number of H-pyrrole nitrogens is 1. The van der Waals surface area contributed by atoms with Crippen LogP contribution in [0.2, 0.25) is 0 Å². The number of halogens is 3. The van der Waals surface area contributed by atoms with Crippen LogP contribution < -0.4 is 14.8 Å². The van der Waals surface area contributed by atoms with Gasteiger partial charge in [-0.1, -0.05) is 42.5 Å². The zero-order chi connectivity index (χ0) is 23.7. The van der Waals surface area contributed by atoms with E-state index < -0.39 is 11.7 Å². The molecular weight excluding hydrogens is 445 g/mol. The van der Waals surface area contributed by atoms with Gasteiger partial charge in [0.15, 0.2) is 11.5 Å². The molecule has 0 bridgehead atoms. The van der Waals surface area contributed by atoms with Gasteiger partial charge in [-0.25, -0.2) is 0 Å². The van der Waals surface area contributed by atoms with Gasteiger partial charge in [0.1, 0.15) is 0 Å². The first-order valence-corrected chi connectivity index (χ1v) is 10.8. The maximum atomic E-state index is 13.0. The predicted octanol–water partition coefficient (Wildman–Crippen LogP) is 5.75. The lowest BCUT2D eigenvalue weighted by atomic mass is 9.87. The normalized spacial score (nSPS) is 13.7. The topological polar surface area (TPSA) is 63.4 Å². The van der Waals surface area contributed by atoms with E-state index in [0.717, 1.165) is 34.2 Å². The SMILES string of the molecule is O=C(CC(c1cccc2c1OCO2)c1c[nH]c2ccccc12)NCc1cccc(C(F)(F)F)c1. The Morgan fingerprint density at radius 3 is 2.68 bits per heavy atom. The molecule has 1 unspecified atom stereocenters. The number of hydrogen-bond donors (Lipinski definition) is 2. The molecule has 1 aromatic heterocycles. The summed E-state index contributed by atoms with van der Waals surface area (Å²) in [6.07, 6.45) is -2.47. The lowest BCUT2D eigenvalue weighted by molar-refractivity contribution is -0.137. The molecule has 2 N–H and O–H groups in total. The Kier molecular flexibility index (Phi) is 5.65. The van der Waals surface area contributed by atoms with Gasteiger partial charge in [-0.2, -0.15) is 13.2 Å². The van der Waals surface area contributed by atoms with Crippen LogP contribution in [-0.2, 0) is 17.5 Å². The fraction of sp³-hybridized carbons (Fsp3) is 0.192. The van der Waals surface area contributed by atoms with Crippen molar-refractivity contribution >= 4 is 16.8 Å². The first kappa shape index (κ1) is 21.9. The van der Waals surface area contributed by atoms with Crippen molar-refractivity contribution in [2.75, 3.05) is 6.79 Å². The summed E-state index contributed by atoms with van der Waals surface area (Å²) in [5, 5.41) is 3.75. The van der Waals surface area contributed by atoms with Gasteiger partial charge in [-0.3, -0.25) is 4.79 Å². The van der Waals surface area contributed by atoms with E-state index in [1.165, 1.54) is 6.07 Å². The molecule has 0 saturated heterocycles. The smallest absolute Gasteiger partial charge is 0.416 e. The van der Waals surface area contributed by atoms with Crippen LogP contribution in [0.1, 0.15) is 34.6 Å². The van der Waals surface area contributed by atoms with Crippen molar-refractivity contribution in [1.82, 2.24) is 10.3 Å². The zero-order valence-electron chi connectivity index (χ0n) is 18.0. The number of benzene rings is 3. The molecule has 0 spiro atoms. The van der Waals surface area contributed by atoms with Crippen molar-refractivity contribution < 1.29 is 27.4 Å². The number of amides is 1. The summed E-state index contributed by atoms with van der Waals surface area (Å²) in [4.78, 5) is 16.2. The van der Waals surface area contributed by atoms with E-state index in [1.807, 2.05) is 48.7 Å². The van der Waals surface area contributed by atoms with Crippen molar-refractivity contribution in [3.8, 4) is 11.5 Å². The Morgan fingerprint density at radius 2 is 1.82 bits per heavy atom. The number of aromatic amines is 1. The lowest BCUT2D eigenvalue weighted by Crippen LogP contribution is -2.25. The van der Waals surface area contributed by atoms with Gasteiger partial charge in [0.25, 0.3) is 0 Å². The van der Waals surface area contributed by atoms with E-state index in [2.05, 4.69) is 10.3 Å². The molecule has 0 aliphatic carbocycles. The van der Waals surface area contributed by atoms with E-state index in [9.17, 15) is 18.0 Å². The molecular formula is C26H21F3N2O3. The molecule has 8 heteroatoms. The Labute approximate surface area is 193 Å². The van der Waals surface area contributed by atoms with E-state index in [1.54, 1.807) is 6.07 Å². The Hall–Kier alpha value is -3.94. The second-order valence-electron chi connectivity index (χ2n) is 8.10. The van der Waals surface area contributed by atoms with Crippen LogP contribution in [0.4, 0.5) is 13.2 Å². The number of carbonyl (C=O) groups excluding carboxylic acids is 1. The molecule has 0 fully saturated rings. The highest BCUT2D eigenvalue weighted by molar-refractivity contribution is 5.86. The van der Waals surface area contributed by atoms with Gasteiger partial charge in [0, 0.05) is 41.5 Å². The third-order valence-corrected chi connectivity index (χ3v) is 5.93. The Balaban J connectivity index is 1.42. The van der Waals surface area contributed by atoms with Crippen LogP contribution in [0.5, 0.6) is 11.5 Å². The summed E-state index contributed by atoms with van der Waals surface area (Å²) >= 11 is 0. The molecule has 0 saturated carbocycles.